The highest BCUT2D eigenvalue weighted by atomic mass is 127. The lowest BCUT2D eigenvalue weighted by Gasteiger charge is -2.14. The lowest BCUT2D eigenvalue weighted by atomic mass is 10.1. The van der Waals surface area contributed by atoms with E-state index in [1.165, 1.54) is 19.3 Å². The molecule has 14 heteroatoms. The van der Waals surface area contributed by atoms with Crippen LogP contribution in [0.2, 0.25) is 0 Å². The van der Waals surface area contributed by atoms with Crippen molar-refractivity contribution in [3.8, 4) is 11.5 Å². The van der Waals surface area contributed by atoms with Gasteiger partial charge in [0.2, 0.25) is 0 Å². The van der Waals surface area contributed by atoms with Crippen molar-refractivity contribution in [3.63, 3.8) is 0 Å². The summed E-state index contributed by atoms with van der Waals surface area (Å²) in [5, 5.41) is 10.4. The van der Waals surface area contributed by atoms with Crippen LogP contribution in [0.5, 0.6) is 11.5 Å². The summed E-state index contributed by atoms with van der Waals surface area (Å²) >= 11 is 6.09. The third kappa shape index (κ3) is 6.03. The summed E-state index contributed by atoms with van der Waals surface area (Å²) < 4.78 is 37.4. The van der Waals surface area contributed by atoms with Gasteiger partial charge in [-0.05, 0) is 81.9 Å². The first-order valence-electron chi connectivity index (χ1n) is 10.6. The van der Waals surface area contributed by atoms with E-state index in [1.54, 1.807) is 6.07 Å². The first-order chi connectivity index (χ1) is 18.0. The van der Waals surface area contributed by atoms with E-state index < -0.39 is 26.2 Å². The first kappa shape index (κ1) is 28.1. The molecule has 1 fully saturated rings. The molecule has 0 saturated carbocycles. The summed E-state index contributed by atoms with van der Waals surface area (Å²) in [7, 11) is -3.01. The van der Waals surface area contributed by atoms with Gasteiger partial charge in [0.15, 0.2) is 11.5 Å². The zero-order chi connectivity index (χ0) is 27.6. The molecule has 1 aliphatic heterocycles. The fourth-order valence-electron chi connectivity index (χ4n) is 3.38. The molecule has 0 atom stereocenters. The van der Waals surface area contributed by atoms with E-state index in [9.17, 15) is 28.1 Å². The number of nitrogens with zero attached hydrogens (tertiary/aromatic N) is 2. The number of halogens is 2. The molecule has 0 bridgehead atoms. The van der Waals surface area contributed by atoms with E-state index in [2.05, 4.69) is 15.9 Å². The molecule has 1 saturated heterocycles. The highest BCUT2D eigenvalue weighted by Gasteiger charge is 2.35. The van der Waals surface area contributed by atoms with Crippen LogP contribution in [-0.4, -0.2) is 36.5 Å². The average molecular weight is 731 g/mol. The minimum atomic E-state index is -4.34. The van der Waals surface area contributed by atoms with Gasteiger partial charge in [0.05, 0.1) is 27.1 Å². The summed E-state index contributed by atoms with van der Waals surface area (Å²) in [6.45, 7) is 0.109. The summed E-state index contributed by atoms with van der Waals surface area (Å²) in [6, 6.07) is 14.6. The molecule has 196 valence electrons. The number of imide groups is 1. The Bertz CT molecular complexity index is 1590. The van der Waals surface area contributed by atoms with Gasteiger partial charge in [0.25, 0.3) is 16.8 Å². The molecule has 0 aliphatic carbocycles. The second kappa shape index (κ2) is 11.4. The number of methoxy groups -OCH3 is 1. The minimum Gasteiger partial charge on any atom is -0.493 e. The van der Waals surface area contributed by atoms with Crippen molar-refractivity contribution in [2.45, 2.75) is 11.4 Å². The molecule has 0 unspecified atom stereocenters. The summed E-state index contributed by atoms with van der Waals surface area (Å²) in [6.07, 6.45) is 1.52. The van der Waals surface area contributed by atoms with E-state index in [0.29, 0.717) is 9.13 Å². The van der Waals surface area contributed by atoms with Crippen LogP contribution in [-0.2, 0) is 21.5 Å². The Kier molecular flexibility index (Phi) is 8.44. The van der Waals surface area contributed by atoms with E-state index in [0.717, 1.165) is 51.0 Å². The van der Waals surface area contributed by atoms with Gasteiger partial charge in [-0.3, -0.25) is 24.6 Å². The third-order valence-corrected chi connectivity index (χ3v) is 8.96. The van der Waals surface area contributed by atoms with Crippen molar-refractivity contribution >= 4 is 83.3 Å². The molecule has 1 aliphatic rings. The van der Waals surface area contributed by atoms with E-state index in [4.69, 9.17) is 8.92 Å². The molecule has 0 spiro atoms. The SMILES string of the molecule is COc1cc(/C=C2\SC(=O)N(Cc3ccccc3Br)C2=O)cc(I)c1OS(=O)(=O)c1ccc([N+](=O)[O-])cc1. The van der Waals surface area contributed by atoms with Gasteiger partial charge in [-0.2, -0.15) is 8.42 Å². The number of hydrogen-bond acceptors (Lipinski definition) is 9. The lowest BCUT2D eigenvalue weighted by molar-refractivity contribution is -0.384. The molecule has 0 aromatic heterocycles. The van der Waals surface area contributed by atoms with Crippen molar-refractivity contribution in [1.82, 2.24) is 4.90 Å². The zero-order valence-corrected chi connectivity index (χ0v) is 24.7. The van der Waals surface area contributed by atoms with Crippen LogP contribution >= 0.6 is 50.3 Å². The van der Waals surface area contributed by atoms with Crippen molar-refractivity contribution < 1.29 is 31.9 Å². The highest BCUT2D eigenvalue weighted by Crippen LogP contribution is 2.39. The van der Waals surface area contributed by atoms with Gasteiger partial charge in [0, 0.05) is 16.6 Å². The Balaban J connectivity index is 1.59. The largest absolute Gasteiger partial charge is 0.493 e. The lowest BCUT2D eigenvalue weighted by Crippen LogP contribution is -2.27. The van der Waals surface area contributed by atoms with E-state index in [-0.39, 0.29) is 33.5 Å². The summed E-state index contributed by atoms with van der Waals surface area (Å²) in [4.78, 5) is 36.8. The number of amides is 2. The van der Waals surface area contributed by atoms with Crippen LogP contribution in [0.4, 0.5) is 10.5 Å². The third-order valence-electron chi connectivity index (χ3n) is 5.24. The van der Waals surface area contributed by atoms with Crippen molar-refractivity contribution in [2.75, 3.05) is 7.11 Å². The number of carbonyl (C=O) groups is 2. The topological polar surface area (TPSA) is 133 Å². The smallest absolute Gasteiger partial charge is 0.339 e. The zero-order valence-electron chi connectivity index (χ0n) is 19.3. The van der Waals surface area contributed by atoms with Gasteiger partial charge in [-0.15, -0.1) is 0 Å². The fraction of sp³-hybridized carbons (Fsp3) is 0.0833. The van der Waals surface area contributed by atoms with Gasteiger partial charge in [0.1, 0.15) is 4.90 Å². The Morgan fingerprint density at radius 1 is 1.13 bits per heavy atom. The van der Waals surface area contributed by atoms with Crippen molar-refractivity contribution in [1.29, 1.82) is 0 Å². The quantitative estimate of drug-likeness (QED) is 0.0903. The Morgan fingerprint density at radius 3 is 2.45 bits per heavy atom. The Labute approximate surface area is 243 Å². The first-order valence-corrected chi connectivity index (χ1v) is 14.6. The van der Waals surface area contributed by atoms with Gasteiger partial charge in [-0.25, -0.2) is 0 Å². The summed E-state index contributed by atoms with van der Waals surface area (Å²) in [5.41, 5.74) is 1.00. The van der Waals surface area contributed by atoms with Crippen LogP contribution in [0.3, 0.4) is 0 Å². The number of hydrogen-bond donors (Lipinski definition) is 0. The number of rotatable bonds is 8. The fourth-order valence-corrected chi connectivity index (χ4v) is 6.47. The van der Waals surface area contributed by atoms with Gasteiger partial charge < -0.3 is 8.92 Å². The number of thioether (sulfide) groups is 1. The maximum absolute atomic E-state index is 13.0. The predicted molar refractivity (Wildman–Crippen MR) is 152 cm³/mol. The highest BCUT2D eigenvalue weighted by molar-refractivity contribution is 14.1. The number of non-ortho nitro benzene ring substituents is 1. The molecule has 10 nitrogen and oxygen atoms in total. The van der Waals surface area contributed by atoms with Gasteiger partial charge in [-0.1, -0.05) is 34.1 Å². The molecule has 3 aromatic carbocycles. The van der Waals surface area contributed by atoms with Crippen molar-refractivity contribution in [2.24, 2.45) is 0 Å². The molecular weight excluding hydrogens is 715 g/mol. The van der Waals surface area contributed by atoms with E-state index >= 15 is 0 Å². The van der Waals surface area contributed by atoms with Crippen LogP contribution < -0.4 is 8.92 Å². The predicted octanol–water partition coefficient (Wildman–Crippen LogP) is 5.97. The number of carbonyl (C=O) groups excluding carboxylic acids is 2. The standard InChI is InChI=1S/C24H16BrIN2O8S2/c1-35-20-11-14(12-21-23(29)27(24(30)37-21)13-15-4-2-3-5-18(15)25)10-19(26)22(20)36-38(33,34)17-8-6-16(7-9-17)28(31)32/h2-12H,13H2,1H3/b21-12-. The van der Waals surface area contributed by atoms with Crippen LogP contribution in [0.15, 0.2) is 74.9 Å². The monoisotopic (exact) mass is 730 g/mol. The average Bonchev–Trinajstić information content (AvgIpc) is 3.14. The van der Waals surface area contributed by atoms with Crippen LogP contribution in [0, 0.1) is 13.7 Å². The van der Waals surface area contributed by atoms with E-state index in [1.807, 2.05) is 46.9 Å². The summed E-state index contributed by atoms with van der Waals surface area (Å²) in [5.74, 6) is -0.475. The van der Waals surface area contributed by atoms with Crippen molar-refractivity contribution in [3.05, 3.63) is 94.9 Å². The number of ether oxygens (including phenoxy) is 1. The normalized spacial score (nSPS) is 14.7. The molecule has 4 rings (SSSR count). The molecule has 0 N–H and O–H groups in total. The number of benzene rings is 3. The number of nitro groups is 1. The van der Waals surface area contributed by atoms with Crippen LogP contribution in [0.1, 0.15) is 11.1 Å². The van der Waals surface area contributed by atoms with Crippen LogP contribution in [0.25, 0.3) is 6.08 Å². The molecule has 1 heterocycles. The molecule has 38 heavy (non-hydrogen) atoms. The van der Waals surface area contributed by atoms with Gasteiger partial charge >= 0.3 is 10.1 Å². The Morgan fingerprint density at radius 2 is 1.82 bits per heavy atom. The minimum absolute atomic E-state index is 0.0704. The number of nitro benzene ring substituents is 1. The Hall–Kier alpha value is -2.95. The molecular formula is C24H16BrIN2O8S2. The maximum atomic E-state index is 13.0. The second-order valence-electron chi connectivity index (χ2n) is 7.68. The maximum Gasteiger partial charge on any atom is 0.339 e. The molecule has 0 radical (unpaired) electrons. The second-order valence-corrected chi connectivity index (χ2v) is 12.2. The molecule has 2 amide bonds. The molecule has 3 aromatic rings.